The van der Waals surface area contributed by atoms with Gasteiger partial charge in [-0.3, -0.25) is 9.59 Å². The average molecular weight is 582 g/mol. The van der Waals surface area contributed by atoms with E-state index in [1.165, 1.54) is 0 Å². The molecule has 0 aliphatic heterocycles. The van der Waals surface area contributed by atoms with Gasteiger partial charge in [-0.25, -0.2) is 0 Å². The van der Waals surface area contributed by atoms with Crippen LogP contribution in [0.4, 0.5) is 18.9 Å². The van der Waals surface area contributed by atoms with Crippen molar-refractivity contribution in [1.29, 1.82) is 0 Å². The van der Waals surface area contributed by atoms with Gasteiger partial charge in [0.1, 0.15) is 0 Å². The summed E-state index contributed by atoms with van der Waals surface area (Å²) in [6.07, 6.45) is -4.63. The minimum absolute atomic E-state index is 0.0756. The van der Waals surface area contributed by atoms with E-state index in [1.807, 2.05) is 0 Å². The predicted molar refractivity (Wildman–Crippen MR) is 137 cm³/mol. The lowest BCUT2D eigenvalue weighted by Crippen LogP contribution is -2.15. The van der Waals surface area contributed by atoms with Gasteiger partial charge in [0.2, 0.25) is 11.1 Å². The molecule has 4 rings (SSSR count). The van der Waals surface area contributed by atoms with Gasteiger partial charge in [-0.05, 0) is 57.4 Å². The zero-order valence-electron chi connectivity index (χ0n) is 19.0. The van der Waals surface area contributed by atoms with Gasteiger partial charge in [0.25, 0.3) is 0 Å². The lowest BCUT2D eigenvalue weighted by molar-refractivity contribution is -0.138. The van der Waals surface area contributed by atoms with Crippen LogP contribution in [-0.4, -0.2) is 42.9 Å². The van der Waals surface area contributed by atoms with Crippen molar-refractivity contribution >= 4 is 52.5 Å². The molecule has 0 unspecified atom stereocenters. The molecule has 4 aromatic rings. The van der Waals surface area contributed by atoms with Gasteiger partial charge >= 0.3 is 12.1 Å². The van der Waals surface area contributed by atoms with E-state index in [2.05, 4.69) is 20.8 Å². The Labute approximate surface area is 227 Å². The minimum Gasteiger partial charge on any atom is -0.481 e. The summed E-state index contributed by atoms with van der Waals surface area (Å²) in [5, 5.41) is 22.9. The number of nitrogens with zero attached hydrogens (tertiary/aromatic N) is 4. The molecule has 196 valence electrons. The molecule has 0 spiro atoms. The van der Waals surface area contributed by atoms with Crippen LogP contribution in [0.3, 0.4) is 0 Å². The van der Waals surface area contributed by atoms with Gasteiger partial charge in [-0.1, -0.05) is 65.3 Å². The number of hydrogen-bond donors (Lipinski definition) is 2. The van der Waals surface area contributed by atoms with Crippen LogP contribution in [0, 0.1) is 0 Å². The van der Waals surface area contributed by atoms with Gasteiger partial charge < -0.3 is 10.4 Å². The van der Waals surface area contributed by atoms with Gasteiger partial charge in [0.15, 0.2) is 0 Å². The quantitative estimate of drug-likeness (QED) is 0.245. The highest BCUT2D eigenvalue weighted by Crippen LogP contribution is 2.34. The summed E-state index contributed by atoms with van der Waals surface area (Å²) in [5.74, 6) is -1.46. The summed E-state index contributed by atoms with van der Waals surface area (Å²) in [6.45, 7) is 0. The van der Waals surface area contributed by atoms with E-state index in [-0.39, 0.29) is 33.1 Å². The van der Waals surface area contributed by atoms with E-state index in [0.717, 1.165) is 45.8 Å². The monoisotopic (exact) mass is 581 g/mol. The molecule has 0 radical (unpaired) electrons. The van der Waals surface area contributed by atoms with Gasteiger partial charge in [0, 0.05) is 0 Å². The molecule has 0 saturated heterocycles. The fourth-order valence-corrected chi connectivity index (χ4v) is 4.55. The van der Waals surface area contributed by atoms with Crippen LogP contribution >= 0.6 is 35.0 Å². The zero-order chi connectivity index (χ0) is 27.4. The molecular formula is C24H16Cl2F3N5O3S. The topological polar surface area (TPSA) is 110 Å². The SMILES string of the molecule is O=C(O)Cc1ccc(-c2ccc(NC(=O)CSc3nnnn3-c3ccc(C(F)(F)F)cc3Cl)c(Cl)c2)cc1. The molecular weight excluding hydrogens is 566 g/mol. The third-order valence-corrected chi connectivity index (χ3v) is 6.70. The maximum Gasteiger partial charge on any atom is 0.416 e. The molecule has 2 N–H and O–H groups in total. The number of anilines is 1. The van der Waals surface area contributed by atoms with Crippen LogP contribution in [0.25, 0.3) is 16.8 Å². The highest BCUT2D eigenvalue weighted by molar-refractivity contribution is 7.99. The Balaban J connectivity index is 1.40. The first kappa shape index (κ1) is 27.4. The smallest absolute Gasteiger partial charge is 0.416 e. The summed E-state index contributed by atoms with van der Waals surface area (Å²) in [7, 11) is 0. The predicted octanol–water partition coefficient (Wildman–Crippen LogP) is 6.01. The Morgan fingerprint density at radius 1 is 0.974 bits per heavy atom. The number of thioether (sulfide) groups is 1. The van der Waals surface area contributed by atoms with Crippen LogP contribution in [0.2, 0.25) is 10.0 Å². The molecule has 0 fully saturated rings. The number of benzene rings is 3. The van der Waals surface area contributed by atoms with E-state index in [1.54, 1.807) is 42.5 Å². The standard InChI is InChI=1S/C24H16Cl2F3N5O3S/c25-17-10-15(14-3-1-13(2-4-14)9-22(36)37)5-7-19(17)30-21(35)12-38-23-31-32-33-34(23)20-8-6-16(11-18(20)26)24(27,28)29/h1-8,10-11H,9,12H2,(H,30,35)(H,36,37). The number of tetrazole rings is 1. The van der Waals surface area contributed by atoms with Crippen molar-refractivity contribution in [2.75, 3.05) is 11.1 Å². The molecule has 14 heteroatoms. The van der Waals surface area contributed by atoms with Crippen molar-refractivity contribution < 1.29 is 27.9 Å². The van der Waals surface area contributed by atoms with Crippen molar-refractivity contribution in [2.45, 2.75) is 17.8 Å². The summed E-state index contributed by atoms with van der Waals surface area (Å²) in [5.41, 5.74) is 1.85. The van der Waals surface area contributed by atoms with Crippen molar-refractivity contribution in [3.05, 3.63) is 81.8 Å². The number of aliphatic carboxylic acids is 1. The van der Waals surface area contributed by atoms with E-state index in [4.69, 9.17) is 28.3 Å². The zero-order valence-corrected chi connectivity index (χ0v) is 21.4. The van der Waals surface area contributed by atoms with Crippen LogP contribution in [0.15, 0.2) is 65.8 Å². The number of halogens is 5. The summed E-state index contributed by atoms with van der Waals surface area (Å²) >= 11 is 13.3. The molecule has 0 atom stereocenters. The molecule has 3 aromatic carbocycles. The molecule has 0 aliphatic carbocycles. The maximum atomic E-state index is 12.9. The molecule has 0 bridgehead atoms. The number of aromatic nitrogens is 4. The van der Waals surface area contributed by atoms with Crippen molar-refractivity contribution in [3.63, 3.8) is 0 Å². The Morgan fingerprint density at radius 2 is 1.68 bits per heavy atom. The molecule has 0 saturated carbocycles. The Bertz CT molecular complexity index is 1500. The Morgan fingerprint density at radius 3 is 2.32 bits per heavy atom. The number of nitrogens with one attached hydrogen (secondary N) is 1. The highest BCUT2D eigenvalue weighted by atomic mass is 35.5. The first-order chi connectivity index (χ1) is 18.0. The second-order valence-corrected chi connectivity index (χ2v) is 9.59. The summed E-state index contributed by atoms with van der Waals surface area (Å²) in [4.78, 5) is 23.4. The third kappa shape index (κ3) is 6.63. The number of carboxylic acids is 1. The average Bonchev–Trinajstić information content (AvgIpc) is 3.32. The normalized spacial score (nSPS) is 11.4. The van der Waals surface area contributed by atoms with E-state index < -0.39 is 23.6 Å². The minimum atomic E-state index is -4.55. The van der Waals surface area contributed by atoms with E-state index in [9.17, 15) is 22.8 Å². The molecule has 1 amide bonds. The van der Waals surface area contributed by atoms with Crippen LogP contribution in [0.5, 0.6) is 0 Å². The lowest BCUT2D eigenvalue weighted by atomic mass is 10.0. The second kappa shape index (κ2) is 11.4. The van der Waals surface area contributed by atoms with Gasteiger partial charge in [-0.2, -0.15) is 17.9 Å². The number of carboxylic acid groups (broad SMARTS) is 1. The molecule has 0 aliphatic rings. The Hall–Kier alpha value is -3.61. The number of alkyl halides is 3. The molecule has 38 heavy (non-hydrogen) atoms. The van der Waals surface area contributed by atoms with Crippen molar-refractivity contribution in [3.8, 4) is 16.8 Å². The largest absolute Gasteiger partial charge is 0.481 e. The number of carbonyl (C=O) groups is 2. The fraction of sp³-hybridized carbons (Fsp3) is 0.125. The fourth-order valence-electron chi connectivity index (χ4n) is 3.38. The summed E-state index contributed by atoms with van der Waals surface area (Å²) < 4.78 is 39.9. The van der Waals surface area contributed by atoms with E-state index >= 15 is 0 Å². The second-order valence-electron chi connectivity index (χ2n) is 7.84. The van der Waals surface area contributed by atoms with Crippen LogP contribution in [-0.2, 0) is 22.2 Å². The Kier molecular flexibility index (Phi) is 8.24. The van der Waals surface area contributed by atoms with Gasteiger partial charge in [0.05, 0.1) is 39.2 Å². The van der Waals surface area contributed by atoms with E-state index in [0.29, 0.717) is 11.3 Å². The first-order valence-corrected chi connectivity index (χ1v) is 12.4. The van der Waals surface area contributed by atoms with Crippen molar-refractivity contribution in [2.24, 2.45) is 0 Å². The summed E-state index contributed by atoms with van der Waals surface area (Å²) in [6, 6.07) is 14.8. The molecule has 1 aromatic heterocycles. The number of amides is 1. The van der Waals surface area contributed by atoms with Crippen LogP contribution < -0.4 is 5.32 Å². The third-order valence-electron chi connectivity index (χ3n) is 5.16. The lowest BCUT2D eigenvalue weighted by Gasteiger charge is -2.11. The number of rotatable bonds is 8. The highest BCUT2D eigenvalue weighted by Gasteiger charge is 2.31. The van der Waals surface area contributed by atoms with Gasteiger partial charge in [-0.15, -0.1) is 5.10 Å². The molecule has 8 nitrogen and oxygen atoms in total. The molecule has 1 heterocycles. The van der Waals surface area contributed by atoms with Crippen LogP contribution in [0.1, 0.15) is 11.1 Å². The number of carbonyl (C=O) groups excluding carboxylic acids is 1. The van der Waals surface area contributed by atoms with Crippen molar-refractivity contribution in [1.82, 2.24) is 20.2 Å². The maximum absolute atomic E-state index is 12.9. The number of hydrogen-bond acceptors (Lipinski definition) is 6. The first-order valence-electron chi connectivity index (χ1n) is 10.7.